The van der Waals surface area contributed by atoms with Crippen LogP contribution in [0.25, 0.3) is 0 Å². The predicted molar refractivity (Wildman–Crippen MR) is 71.8 cm³/mol. The first-order valence-corrected chi connectivity index (χ1v) is 7.15. The molecule has 0 bridgehead atoms. The number of thiophene rings is 1. The van der Waals surface area contributed by atoms with Crippen LogP contribution in [0.3, 0.4) is 0 Å². The average molecular weight is 277 g/mol. The summed E-state index contributed by atoms with van der Waals surface area (Å²) in [7, 11) is 0. The Kier molecular flexibility index (Phi) is 3.16. The molecule has 5 heteroatoms. The first-order valence-electron chi connectivity index (χ1n) is 6.27. The van der Waals surface area contributed by atoms with Gasteiger partial charge in [-0.25, -0.2) is 0 Å². The SMILES string of the molecule is O=C(NC[C@](O)(c1ccoc1)c1cccs1)C1CC1. The van der Waals surface area contributed by atoms with Crippen molar-refractivity contribution in [2.24, 2.45) is 5.92 Å². The summed E-state index contributed by atoms with van der Waals surface area (Å²) < 4.78 is 5.06. The minimum absolute atomic E-state index is 0.0264. The van der Waals surface area contributed by atoms with Crippen molar-refractivity contribution in [1.82, 2.24) is 5.32 Å². The summed E-state index contributed by atoms with van der Waals surface area (Å²) in [5.41, 5.74) is -0.558. The molecule has 0 unspecified atom stereocenters. The van der Waals surface area contributed by atoms with E-state index in [2.05, 4.69) is 5.32 Å². The van der Waals surface area contributed by atoms with Crippen molar-refractivity contribution in [2.45, 2.75) is 18.4 Å². The zero-order chi connectivity index (χ0) is 13.3. The van der Waals surface area contributed by atoms with Gasteiger partial charge in [-0.1, -0.05) is 6.07 Å². The summed E-state index contributed by atoms with van der Waals surface area (Å²) in [4.78, 5) is 12.5. The minimum Gasteiger partial charge on any atom is -0.472 e. The molecule has 0 spiro atoms. The number of hydrogen-bond donors (Lipinski definition) is 2. The summed E-state index contributed by atoms with van der Waals surface area (Å²) in [5.74, 6) is 0.162. The maximum absolute atomic E-state index is 11.7. The molecule has 1 amide bonds. The zero-order valence-corrected chi connectivity index (χ0v) is 11.2. The molecule has 1 saturated carbocycles. The number of hydrogen-bond acceptors (Lipinski definition) is 4. The van der Waals surface area contributed by atoms with Crippen molar-refractivity contribution in [3.05, 3.63) is 46.5 Å². The van der Waals surface area contributed by atoms with Gasteiger partial charge in [0.15, 0.2) is 0 Å². The Labute approximate surface area is 115 Å². The summed E-state index contributed by atoms with van der Waals surface area (Å²) in [6, 6.07) is 5.47. The van der Waals surface area contributed by atoms with E-state index in [-0.39, 0.29) is 18.4 Å². The maximum atomic E-state index is 11.7. The van der Waals surface area contributed by atoms with Crippen molar-refractivity contribution >= 4 is 17.2 Å². The van der Waals surface area contributed by atoms with Gasteiger partial charge in [0, 0.05) is 16.4 Å². The molecule has 2 aromatic rings. The molecule has 1 aliphatic carbocycles. The standard InChI is InChI=1S/C14H15NO3S/c16-13(10-3-4-10)15-9-14(17,11-5-6-18-8-11)12-2-1-7-19-12/h1-2,5-8,10,17H,3-4,9H2,(H,15,16)/t14-/m0/s1. The van der Waals surface area contributed by atoms with E-state index in [1.54, 1.807) is 6.07 Å². The van der Waals surface area contributed by atoms with Crippen LogP contribution in [0.4, 0.5) is 0 Å². The van der Waals surface area contributed by atoms with Gasteiger partial charge >= 0.3 is 0 Å². The summed E-state index contributed by atoms with van der Waals surface area (Å²) >= 11 is 1.46. The third-order valence-corrected chi connectivity index (χ3v) is 4.42. The van der Waals surface area contributed by atoms with Crippen molar-refractivity contribution in [1.29, 1.82) is 0 Å². The number of furan rings is 1. The van der Waals surface area contributed by atoms with Gasteiger partial charge in [0.05, 0.1) is 19.1 Å². The summed E-state index contributed by atoms with van der Waals surface area (Å²) in [6.07, 6.45) is 4.95. The lowest BCUT2D eigenvalue weighted by molar-refractivity contribution is -0.123. The normalized spacial score (nSPS) is 17.9. The number of carbonyl (C=O) groups excluding carboxylic acids is 1. The Balaban J connectivity index is 1.82. The fourth-order valence-electron chi connectivity index (χ4n) is 2.05. The number of rotatable bonds is 5. The number of aliphatic hydroxyl groups is 1. The van der Waals surface area contributed by atoms with E-state index in [0.29, 0.717) is 5.56 Å². The lowest BCUT2D eigenvalue weighted by Crippen LogP contribution is -2.41. The molecular formula is C14H15NO3S. The number of carbonyl (C=O) groups is 1. The molecule has 2 aromatic heterocycles. The number of amides is 1. The second-order valence-corrected chi connectivity index (χ2v) is 5.79. The second-order valence-electron chi connectivity index (χ2n) is 4.84. The van der Waals surface area contributed by atoms with E-state index in [4.69, 9.17) is 4.42 Å². The van der Waals surface area contributed by atoms with Crippen LogP contribution in [0, 0.1) is 5.92 Å². The monoisotopic (exact) mass is 277 g/mol. The minimum atomic E-state index is -1.22. The van der Waals surface area contributed by atoms with Crippen molar-refractivity contribution < 1.29 is 14.3 Å². The molecule has 0 aliphatic heterocycles. The van der Waals surface area contributed by atoms with Gasteiger partial charge < -0.3 is 14.8 Å². The van der Waals surface area contributed by atoms with Crippen molar-refractivity contribution in [3.8, 4) is 0 Å². The molecule has 4 nitrogen and oxygen atoms in total. The van der Waals surface area contributed by atoms with E-state index in [1.165, 1.54) is 23.9 Å². The summed E-state index contributed by atoms with van der Waals surface area (Å²) in [5, 5.41) is 15.7. The largest absolute Gasteiger partial charge is 0.472 e. The molecule has 1 aliphatic rings. The maximum Gasteiger partial charge on any atom is 0.223 e. The van der Waals surface area contributed by atoms with Crippen molar-refractivity contribution in [3.63, 3.8) is 0 Å². The van der Waals surface area contributed by atoms with E-state index in [1.807, 2.05) is 17.5 Å². The first-order chi connectivity index (χ1) is 9.20. The highest BCUT2D eigenvalue weighted by Crippen LogP contribution is 2.33. The molecule has 2 N–H and O–H groups in total. The third-order valence-electron chi connectivity index (χ3n) is 3.39. The highest BCUT2D eigenvalue weighted by molar-refractivity contribution is 7.10. The predicted octanol–water partition coefficient (Wildman–Crippen LogP) is 2.10. The van der Waals surface area contributed by atoms with E-state index >= 15 is 0 Å². The first kappa shape index (κ1) is 12.4. The van der Waals surface area contributed by atoms with Gasteiger partial charge in [0.1, 0.15) is 5.60 Å². The third kappa shape index (κ3) is 2.43. The van der Waals surface area contributed by atoms with Crippen LogP contribution in [0.1, 0.15) is 23.3 Å². The van der Waals surface area contributed by atoms with Gasteiger partial charge in [-0.2, -0.15) is 0 Å². The molecule has 1 fully saturated rings. The molecule has 19 heavy (non-hydrogen) atoms. The van der Waals surface area contributed by atoms with Crippen molar-refractivity contribution in [2.75, 3.05) is 6.54 Å². The molecule has 0 aromatic carbocycles. The van der Waals surface area contributed by atoms with E-state index < -0.39 is 5.60 Å². The van der Waals surface area contributed by atoms with Crippen LogP contribution in [0.5, 0.6) is 0 Å². The van der Waals surface area contributed by atoms with Gasteiger partial charge in [-0.15, -0.1) is 11.3 Å². The quantitative estimate of drug-likeness (QED) is 0.879. The average Bonchev–Trinajstić information content (AvgIpc) is 2.93. The molecular weight excluding hydrogens is 262 g/mol. The lowest BCUT2D eigenvalue weighted by Gasteiger charge is -2.26. The van der Waals surface area contributed by atoms with Gasteiger partial charge in [0.2, 0.25) is 5.91 Å². The van der Waals surface area contributed by atoms with Crippen LogP contribution < -0.4 is 5.32 Å². The molecule has 2 heterocycles. The van der Waals surface area contributed by atoms with Crippen LogP contribution in [-0.2, 0) is 10.4 Å². The molecule has 100 valence electrons. The Morgan fingerprint density at radius 3 is 2.95 bits per heavy atom. The molecule has 1 atom stereocenters. The highest BCUT2D eigenvalue weighted by Gasteiger charge is 2.36. The molecule has 3 rings (SSSR count). The Morgan fingerprint density at radius 1 is 1.53 bits per heavy atom. The Morgan fingerprint density at radius 2 is 2.37 bits per heavy atom. The van der Waals surface area contributed by atoms with Gasteiger partial charge in [-0.3, -0.25) is 4.79 Å². The fourth-order valence-corrected chi connectivity index (χ4v) is 2.90. The van der Waals surface area contributed by atoms with Crippen LogP contribution in [-0.4, -0.2) is 17.6 Å². The molecule has 0 saturated heterocycles. The summed E-state index contributed by atoms with van der Waals surface area (Å²) in [6.45, 7) is 0.169. The Hall–Kier alpha value is -1.59. The van der Waals surface area contributed by atoms with Crippen LogP contribution in [0.2, 0.25) is 0 Å². The zero-order valence-electron chi connectivity index (χ0n) is 10.3. The highest BCUT2D eigenvalue weighted by atomic mass is 32.1. The Bertz CT molecular complexity index is 509. The second kappa shape index (κ2) is 4.83. The van der Waals surface area contributed by atoms with E-state index in [0.717, 1.165) is 17.7 Å². The van der Waals surface area contributed by atoms with Crippen LogP contribution in [0.15, 0.2) is 40.5 Å². The molecule has 0 radical (unpaired) electrons. The van der Waals surface area contributed by atoms with E-state index in [9.17, 15) is 9.90 Å². The van der Waals surface area contributed by atoms with Gasteiger partial charge in [0.25, 0.3) is 0 Å². The smallest absolute Gasteiger partial charge is 0.223 e. The fraction of sp³-hybridized carbons (Fsp3) is 0.357. The lowest BCUT2D eigenvalue weighted by atomic mass is 9.94. The topological polar surface area (TPSA) is 62.5 Å². The number of nitrogens with one attached hydrogen (secondary N) is 1. The van der Waals surface area contributed by atoms with Crippen LogP contribution >= 0.6 is 11.3 Å². The van der Waals surface area contributed by atoms with Gasteiger partial charge in [-0.05, 0) is 30.4 Å².